The number of amides is 1. The summed E-state index contributed by atoms with van der Waals surface area (Å²) in [5.41, 5.74) is 0. The monoisotopic (exact) mass is 281 g/mol. The molecule has 1 aliphatic carbocycles. The van der Waals surface area contributed by atoms with Gasteiger partial charge in [-0.3, -0.25) is 4.79 Å². The molecule has 4 nitrogen and oxygen atoms in total. The van der Waals surface area contributed by atoms with Gasteiger partial charge in [-0.1, -0.05) is 33.6 Å². The number of fused-ring (bicyclic) bond motifs is 1. The summed E-state index contributed by atoms with van der Waals surface area (Å²) in [7, 11) is 0. The van der Waals surface area contributed by atoms with Crippen molar-refractivity contribution in [1.82, 2.24) is 4.90 Å². The molecule has 114 valence electrons. The van der Waals surface area contributed by atoms with Crippen LogP contribution in [-0.2, 0) is 9.59 Å². The molecule has 1 N–H and O–H groups in total. The molecule has 4 atom stereocenters. The van der Waals surface area contributed by atoms with E-state index in [0.717, 1.165) is 32.1 Å². The third kappa shape index (κ3) is 2.70. The highest BCUT2D eigenvalue weighted by Gasteiger charge is 2.50. The number of likely N-dealkylation sites (tertiary alicyclic amines) is 1. The fourth-order valence-electron chi connectivity index (χ4n) is 4.11. The number of carbonyl (C=O) groups excluding carboxylic acids is 1. The van der Waals surface area contributed by atoms with Gasteiger partial charge in [0, 0.05) is 12.5 Å². The molecule has 20 heavy (non-hydrogen) atoms. The highest BCUT2D eigenvalue weighted by atomic mass is 16.4. The van der Waals surface area contributed by atoms with Crippen LogP contribution in [0.25, 0.3) is 0 Å². The maximum Gasteiger partial charge on any atom is 0.326 e. The lowest BCUT2D eigenvalue weighted by Gasteiger charge is -2.30. The van der Waals surface area contributed by atoms with Crippen molar-refractivity contribution in [2.75, 3.05) is 6.54 Å². The Morgan fingerprint density at radius 1 is 1.30 bits per heavy atom. The van der Waals surface area contributed by atoms with Crippen LogP contribution in [-0.4, -0.2) is 34.5 Å². The Labute approximate surface area is 121 Å². The zero-order chi connectivity index (χ0) is 14.9. The van der Waals surface area contributed by atoms with Crippen molar-refractivity contribution in [3.05, 3.63) is 0 Å². The number of hydrogen-bond acceptors (Lipinski definition) is 2. The largest absolute Gasteiger partial charge is 0.480 e. The fourth-order valence-corrected chi connectivity index (χ4v) is 4.11. The number of rotatable bonds is 5. The normalized spacial score (nSPS) is 30.6. The summed E-state index contributed by atoms with van der Waals surface area (Å²) in [4.78, 5) is 26.1. The minimum atomic E-state index is -0.813. The van der Waals surface area contributed by atoms with Gasteiger partial charge >= 0.3 is 5.97 Å². The Morgan fingerprint density at radius 2 is 2.00 bits per heavy atom. The molecule has 1 amide bonds. The van der Waals surface area contributed by atoms with Gasteiger partial charge in [-0.25, -0.2) is 4.79 Å². The number of nitrogens with zero attached hydrogens (tertiary/aromatic N) is 1. The van der Waals surface area contributed by atoms with E-state index < -0.39 is 12.0 Å². The second-order valence-corrected chi connectivity index (χ2v) is 6.77. The molecule has 4 heteroatoms. The molecule has 2 aliphatic rings. The first-order valence-electron chi connectivity index (χ1n) is 8.00. The van der Waals surface area contributed by atoms with E-state index in [0.29, 0.717) is 12.5 Å². The molecule has 0 spiro atoms. The van der Waals surface area contributed by atoms with E-state index in [1.165, 1.54) is 0 Å². The lowest BCUT2D eigenvalue weighted by molar-refractivity contribution is -0.152. The van der Waals surface area contributed by atoms with Crippen molar-refractivity contribution in [3.63, 3.8) is 0 Å². The highest BCUT2D eigenvalue weighted by molar-refractivity contribution is 5.86. The first-order chi connectivity index (χ1) is 9.47. The lowest BCUT2D eigenvalue weighted by Crippen LogP contribution is -2.46. The number of hydrogen-bond donors (Lipinski definition) is 1. The summed E-state index contributed by atoms with van der Waals surface area (Å²) in [5, 5.41) is 9.54. The predicted octanol–water partition coefficient (Wildman–Crippen LogP) is 2.77. The van der Waals surface area contributed by atoms with E-state index in [4.69, 9.17) is 0 Å². The average molecular weight is 281 g/mol. The summed E-state index contributed by atoms with van der Waals surface area (Å²) in [5.74, 6) is 0.105. The predicted molar refractivity (Wildman–Crippen MR) is 77.2 cm³/mol. The van der Waals surface area contributed by atoms with Gasteiger partial charge in [0.15, 0.2) is 0 Å². The molecule has 4 unspecified atom stereocenters. The molecule has 2 rings (SSSR count). The van der Waals surface area contributed by atoms with E-state index >= 15 is 0 Å². The molecule has 1 aliphatic heterocycles. The topological polar surface area (TPSA) is 57.6 Å². The zero-order valence-electron chi connectivity index (χ0n) is 12.8. The van der Waals surface area contributed by atoms with Crippen LogP contribution >= 0.6 is 0 Å². The van der Waals surface area contributed by atoms with Crippen LogP contribution < -0.4 is 0 Å². The number of carboxylic acid groups (broad SMARTS) is 1. The van der Waals surface area contributed by atoms with Gasteiger partial charge in [-0.15, -0.1) is 0 Å². The van der Waals surface area contributed by atoms with Gasteiger partial charge in [0.05, 0.1) is 0 Å². The summed E-state index contributed by atoms with van der Waals surface area (Å²) < 4.78 is 0. The van der Waals surface area contributed by atoms with E-state index in [9.17, 15) is 14.7 Å². The standard InChI is InChI=1S/C16H27NO3/c1-4-6-12(10(2)3)15(18)17-9-11-7-5-8-13(11)14(17)16(19)20/h10-14H,4-9H2,1-3H3,(H,19,20). The van der Waals surface area contributed by atoms with Gasteiger partial charge < -0.3 is 10.0 Å². The Bertz CT molecular complexity index is 380. The van der Waals surface area contributed by atoms with Gasteiger partial charge in [0.2, 0.25) is 5.91 Å². The Morgan fingerprint density at radius 3 is 2.55 bits per heavy atom. The second-order valence-electron chi connectivity index (χ2n) is 6.77. The smallest absolute Gasteiger partial charge is 0.326 e. The quantitative estimate of drug-likeness (QED) is 0.843. The molecule has 1 heterocycles. The van der Waals surface area contributed by atoms with Crippen LogP contribution in [0.1, 0.15) is 52.9 Å². The van der Waals surface area contributed by atoms with Crippen molar-refractivity contribution >= 4 is 11.9 Å². The van der Waals surface area contributed by atoms with Crippen LogP contribution in [0.4, 0.5) is 0 Å². The van der Waals surface area contributed by atoms with Crippen molar-refractivity contribution in [2.24, 2.45) is 23.7 Å². The molecule has 2 fully saturated rings. The maximum atomic E-state index is 12.8. The van der Waals surface area contributed by atoms with E-state index in [1.807, 2.05) is 0 Å². The van der Waals surface area contributed by atoms with Crippen molar-refractivity contribution in [2.45, 2.75) is 58.9 Å². The van der Waals surface area contributed by atoms with E-state index in [1.54, 1.807) is 4.90 Å². The minimum Gasteiger partial charge on any atom is -0.480 e. The first-order valence-corrected chi connectivity index (χ1v) is 8.00. The summed E-state index contributed by atoms with van der Waals surface area (Å²) >= 11 is 0. The van der Waals surface area contributed by atoms with Gasteiger partial charge in [-0.2, -0.15) is 0 Å². The third-order valence-corrected chi connectivity index (χ3v) is 5.15. The lowest BCUT2D eigenvalue weighted by atomic mass is 9.89. The Kier molecular flexibility index (Phi) is 4.71. The van der Waals surface area contributed by atoms with E-state index in [2.05, 4.69) is 20.8 Å². The molecule has 0 bridgehead atoms. The number of carbonyl (C=O) groups is 2. The maximum absolute atomic E-state index is 12.8. The molecule has 0 radical (unpaired) electrons. The molecular weight excluding hydrogens is 254 g/mol. The summed E-state index contributed by atoms with van der Waals surface area (Å²) in [6, 6.07) is -0.576. The highest BCUT2D eigenvalue weighted by Crippen LogP contribution is 2.43. The van der Waals surface area contributed by atoms with Crippen LogP contribution in [0.3, 0.4) is 0 Å². The van der Waals surface area contributed by atoms with Crippen LogP contribution in [0, 0.1) is 23.7 Å². The molecule has 0 aromatic heterocycles. The summed E-state index contributed by atoms with van der Waals surface area (Å²) in [6.07, 6.45) is 4.98. The molecule has 0 aromatic rings. The molecule has 1 saturated heterocycles. The number of aliphatic carboxylic acids is 1. The van der Waals surface area contributed by atoms with Crippen LogP contribution in [0.2, 0.25) is 0 Å². The zero-order valence-corrected chi connectivity index (χ0v) is 12.8. The second kappa shape index (κ2) is 6.15. The van der Waals surface area contributed by atoms with Crippen molar-refractivity contribution in [1.29, 1.82) is 0 Å². The van der Waals surface area contributed by atoms with Gasteiger partial charge in [0.25, 0.3) is 0 Å². The average Bonchev–Trinajstić information content (AvgIpc) is 2.93. The SMILES string of the molecule is CCCC(C(=O)N1CC2CCCC2C1C(=O)O)C(C)C. The third-order valence-electron chi connectivity index (χ3n) is 5.15. The Hall–Kier alpha value is -1.06. The van der Waals surface area contributed by atoms with Crippen molar-refractivity contribution < 1.29 is 14.7 Å². The first kappa shape index (κ1) is 15.3. The Balaban J connectivity index is 2.17. The van der Waals surface area contributed by atoms with Gasteiger partial charge in [0.1, 0.15) is 6.04 Å². The van der Waals surface area contributed by atoms with E-state index in [-0.39, 0.29) is 23.7 Å². The fraction of sp³-hybridized carbons (Fsp3) is 0.875. The molecular formula is C16H27NO3. The summed E-state index contributed by atoms with van der Waals surface area (Å²) in [6.45, 7) is 6.86. The van der Waals surface area contributed by atoms with Crippen LogP contribution in [0.5, 0.6) is 0 Å². The molecule has 1 saturated carbocycles. The number of carboxylic acids is 1. The molecule has 0 aromatic carbocycles. The van der Waals surface area contributed by atoms with Crippen molar-refractivity contribution in [3.8, 4) is 0 Å². The van der Waals surface area contributed by atoms with Gasteiger partial charge in [-0.05, 0) is 37.0 Å². The van der Waals surface area contributed by atoms with Crippen LogP contribution in [0.15, 0.2) is 0 Å². The minimum absolute atomic E-state index is 0.0272.